The molecule has 0 radical (unpaired) electrons. The van der Waals surface area contributed by atoms with E-state index in [4.69, 9.17) is 4.74 Å². The lowest BCUT2D eigenvalue weighted by Crippen LogP contribution is -2.17. The third-order valence-electron chi connectivity index (χ3n) is 2.88. The Labute approximate surface area is 94.3 Å². The first-order valence-corrected chi connectivity index (χ1v) is 6.37. The molecule has 1 aromatic rings. The minimum atomic E-state index is 0.285. The highest BCUT2D eigenvalue weighted by molar-refractivity contribution is 7.09. The molecule has 1 aliphatic carbocycles. The van der Waals surface area contributed by atoms with E-state index in [2.05, 4.69) is 0 Å². The van der Waals surface area contributed by atoms with Gasteiger partial charge in [0.05, 0.1) is 6.61 Å². The molecule has 0 aliphatic heterocycles. The van der Waals surface area contributed by atoms with E-state index in [1.807, 2.05) is 17.5 Å². The van der Waals surface area contributed by atoms with Gasteiger partial charge in [0, 0.05) is 10.8 Å². The van der Waals surface area contributed by atoms with Crippen LogP contribution in [0, 0.1) is 5.92 Å². The summed E-state index contributed by atoms with van der Waals surface area (Å²) in [5.41, 5.74) is 0. The number of carbonyl (C=O) groups excluding carboxylic acids is 1. The molecule has 0 aromatic carbocycles. The first-order valence-electron chi connectivity index (χ1n) is 5.49. The van der Waals surface area contributed by atoms with Gasteiger partial charge in [-0.05, 0) is 24.3 Å². The molecule has 0 spiro atoms. The maximum atomic E-state index is 11.7. The van der Waals surface area contributed by atoms with E-state index in [1.54, 1.807) is 11.3 Å². The quantitative estimate of drug-likeness (QED) is 0.768. The van der Waals surface area contributed by atoms with Crippen molar-refractivity contribution in [3.8, 4) is 0 Å². The molecule has 1 fully saturated rings. The summed E-state index contributed by atoms with van der Waals surface area (Å²) in [7, 11) is 0. The maximum Gasteiger partial charge on any atom is 0.161 e. The number of carbonyl (C=O) groups is 1. The minimum absolute atomic E-state index is 0.285. The zero-order valence-corrected chi connectivity index (χ0v) is 9.59. The van der Waals surface area contributed by atoms with Crippen LogP contribution in [0.1, 0.15) is 30.6 Å². The van der Waals surface area contributed by atoms with Crippen molar-refractivity contribution in [2.45, 2.75) is 32.3 Å². The molecule has 3 heteroatoms. The molecule has 0 unspecified atom stereocenters. The predicted octanol–water partition coefficient (Wildman–Crippen LogP) is 3.02. The Morgan fingerprint density at radius 2 is 2.27 bits per heavy atom. The van der Waals surface area contributed by atoms with Gasteiger partial charge in [-0.1, -0.05) is 18.9 Å². The summed E-state index contributed by atoms with van der Waals surface area (Å²) in [6, 6.07) is 4.03. The van der Waals surface area contributed by atoms with E-state index >= 15 is 0 Å². The highest BCUT2D eigenvalue weighted by Gasteiger charge is 2.22. The maximum absolute atomic E-state index is 11.7. The number of Topliss-reactive ketones (excluding diaryl/α,β-unsaturated/α-hetero) is 1. The van der Waals surface area contributed by atoms with Crippen molar-refractivity contribution in [2.24, 2.45) is 5.92 Å². The molecule has 0 bridgehead atoms. The Kier molecular flexibility index (Phi) is 3.92. The molecule has 0 N–H and O–H groups in total. The van der Waals surface area contributed by atoms with Crippen molar-refractivity contribution in [1.82, 2.24) is 0 Å². The molecule has 0 amide bonds. The van der Waals surface area contributed by atoms with E-state index < -0.39 is 0 Å². The van der Waals surface area contributed by atoms with Crippen LogP contribution in [0.5, 0.6) is 0 Å². The van der Waals surface area contributed by atoms with Gasteiger partial charge in [0.2, 0.25) is 0 Å². The van der Waals surface area contributed by atoms with Crippen LogP contribution in [-0.2, 0) is 16.1 Å². The standard InChI is InChI=1S/C12H16O2S/c13-12(10-4-1-2-5-10)9-14-8-11-6-3-7-15-11/h3,6-7,10H,1-2,4-5,8-9H2. The Hall–Kier alpha value is -0.670. The van der Waals surface area contributed by atoms with Crippen LogP contribution in [-0.4, -0.2) is 12.4 Å². The molecular formula is C12H16O2S. The van der Waals surface area contributed by atoms with Crippen LogP contribution in [0.4, 0.5) is 0 Å². The van der Waals surface area contributed by atoms with Crippen LogP contribution < -0.4 is 0 Å². The van der Waals surface area contributed by atoms with Gasteiger partial charge in [-0.15, -0.1) is 11.3 Å². The summed E-state index contributed by atoms with van der Waals surface area (Å²) < 4.78 is 5.41. The molecule has 0 atom stereocenters. The summed E-state index contributed by atoms with van der Waals surface area (Å²) in [6.07, 6.45) is 4.56. The normalized spacial score (nSPS) is 17.1. The lowest BCUT2D eigenvalue weighted by Gasteiger charge is -2.07. The van der Waals surface area contributed by atoms with Crippen LogP contribution >= 0.6 is 11.3 Å². The van der Waals surface area contributed by atoms with E-state index in [-0.39, 0.29) is 5.92 Å². The first-order chi connectivity index (χ1) is 7.36. The predicted molar refractivity (Wildman–Crippen MR) is 60.9 cm³/mol. The van der Waals surface area contributed by atoms with Gasteiger partial charge in [-0.3, -0.25) is 4.79 Å². The number of ether oxygens (including phenoxy) is 1. The van der Waals surface area contributed by atoms with Crippen LogP contribution in [0.3, 0.4) is 0 Å². The Balaban J connectivity index is 1.67. The number of thiophene rings is 1. The summed E-state index contributed by atoms with van der Waals surface area (Å²) in [5, 5.41) is 2.03. The lowest BCUT2D eigenvalue weighted by atomic mass is 10.0. The van der Waals surface area contributed by atoms with Crippen molar-refractivity contribution in [2.75, 3.05) is 6.61 Å². The second kappa shape index (κ2) is 5.42. The Bertz CT molecular complexity index is 299. The molecule has 82 valence electrons. The second-order valence-electron chi connectivity index (χ2n) is 4.02. The van der Waals surface area contributed by atoms with Gasteiger partial charge in [-0.2, -0.15) is 0 Å². The number of hydrogen-bond acceptors (Lipinski definition) is 3. The zero-order valence-electron chi connectivity index (χ0n) is 8.78. The number of ketones is 1. The van der Waals surface area contributed by atoms with Gasteiger partial charge >= 0.3 is 0 Å². The van der Waals surface area contributed by atoms with Gasteiger partial charge in [0.15, 0.2) is 5.78 Å². The zero-order chi connectivity index (χ0) is 10.5. The molecule has 1 aromatic heterocycles. The third-order valence-corrected chi connectivity index (χ3v) is 3.73. The number of hydrogen-bond donors (Lipinski definition) is 0. The van der Waals surface area contributed by atoms with Gasteiger partial charge < -0.3 is 4.74 Å². The van der Waals surface area contributed by atoms with E-state index in [1.165, 1.54) is 17.7 Å². The van der Waals surface area contributed by atoms with Gasteiger partial charge in [0.1, 0.15) is 6.61 Å². The second-order valence-corrected chi connectivity index (χ2v) is 5.05. The van der Waals surface area contributed by atoms with Crippen molar-refractivity contribution in [3.63, 3.8) is 0 Å². The smallest absolute Gasteiger partial charge is 0.161 e. The minimum Gasteiger partial charge on any atom is -0.368 e. The van der Waals surface area contributed by atoms with Crippen LogP contribution in [0.2, 0.25) is 0 Å². The molecule has 15 heavy (non-hydrogen) atoms. The SMILES string of the molecule is O=C(COCc1cccs1)C1CCCC1. The summed E-state index contributed by atoms with van der Waals surface area (Å²) in [4.78, 5) is 12.8. The summed E-state index contributed by atoms with van der Waals surface area (Å²) in [6.45, 7) is 0.874. The monoisotopic (exact) mass is 224 g/mol. The van der Waals surface area contributed by atoms with E-state index in [9.17, 15) is 4.79 Å². The highest BCUT2D eigenvalue weighted by atomic mass is 32.1. The molecule has 2 nitrogen and oxygen atoms in total. The molecule has 1 aliphatic rings. The van der Waals surface area contributed by atoms with E-state index in [0.29, 0.717) is 19.0 Å². The molecular weight excluding hydrogens is 208 g/mol. The van der Waals surface area contributed by atoms with Crippen molar-refractivity contribution < 1.29 is 9.53 Å². The summed E-state index contributed by atoms with van der Waals surface area (Å²) in [5.74, 6) is 0.581. The largest absolute Gasteiger partial charge is 0.368 e. The van der Waals surface area contributed by atoms with Crippen LogP contribution in [0.15, 0.2) is 17.5 Å². The fourth-order valence-corrected chi connectivity index (χ4v) is 2.65. The molecule has 1 heterocycles. The van der Waals surface area contributed by atoms with Crippen molar-refractivity contribution >= 4 is 17.1 Å². The number of rotatable bonds is 5. The molecule has 1 saturated carbocycles. The topological polar surface area (TPSA) is 26.3 Å². The lowest BCUT2D eigenvalue weighted by molar-refractivity contribution is -0.127. The van der Waals surface area contributed by atoms with Crippen LogP contribution in [0.25, 0.3) is 0 Å². The fourth-order valence-electron chi connectivity index (χ4n) is 2.01. The average Bonchev–Trinajstić information content (AvgIpc) is 2.90. The van der Waals surface area contributed by atoms with Crippen molar-refractivity contribution in [1.29, 1.82) is 0 Å². The summed E-state index contributed by atoms with van der Waals surface area (Å²) >= 11 is 1.67. The van der Waals surface area contributed by atoms with Crippen molar-refractivity contribution in [3.05, 3.63) is 22.4 Å². The first kappa shape index (κ1) is 10.8. The highest BCUT2D eigenvalue weighted by Crippen LogP contribution is 2.25. The average molecular weight is 224 g/mol. The Morgan fingerprint density at radius 1 is 1.47 bits per heavy atom. The molecule has 0 saturated heterocycles. The Morgan fingerprint density at radius 3 is 2.93 bits per heavy atom. The third kappa shape index (κ3) is 3.14. The van der Waals surface area contributed by atoms with Gasteiger partial charge in [0.25, 0.3) is 0 Å². The fraction of sp³-hybridized carbons (Fsp3) is 0.583. The van der Waals surface area contributed by atoms with Gasteiger partial charge in [-0.25, -0.2) is 0 Å². The molecule has 2 rings (SSSR count). The van der Waals surface area contributed by atoms with E-state index in [0.717, 1.165) is 12.8 Å².